The van der Waals surface area contributed by atoms with Crippen molar-refractivity contribution in [2.45, 2.75) is 0 Å². The number of hydrogen-bond donors (Lipinski definition) is 0. The fraction of sp³-hybridized carbons (Fsp3) is 0. The second kappa shape index (κ2) is 14.4. The number of hydrogen-bond acceptors (Lipinski definition) is 3. The zero-order chi connectivity index (χ0) is 37.3. The van der Waals surface area contributed by atoms with Crippen molar-refractivity contribution in [1.82, 2.24) is 15.0 Å². The molecule has 0 radical (unpaired) electrons. The van der Waals surface area contributed by atoms with Crippen LogP contribution in [-0.2, 0) is 0 Å². The van der Waals surface area contributed by atoms with Crippen LogP contribution in [0.4, 0.5) is 0 Å². The molecular weight excluding hydrogens is 679 g/mol. The van der Waals surface area contributed by atoms with E-state index in [-0.39, 0.29) is 0 Å². The molecule has 2 aromatic heterocycles. The second-order valence-electron chi connectivity index (χ2n) is 14.0. The predicted octanol–water partition coefficient (Wildman–Crippen LogP) is 13.8. The third-order valence-electron chi connectivity index (χ3n) is 10.5. The van der Waals surface area contributed by atoms with Gasteiger partial charge in [0, 0.05) is 27.6 Å². The van der Waals surface area contributed by atoms with Gasteiger partial charge in [0.2, 0.25) is 0 Å². The quantitative estimate of drug-likeness (QED) is 0.154. The summed E-state index contributed by atoms with van der Waals surface area (Å²) in [4.78, 5) is 15.7. The van der Waals surface area contributed by atoms with Crippen molar-refractivity contribution in [3.8, 4) is 78.5 Å². The van der Waals surface area contributed by atoms with Crippen LogP contribution >= 0.6 is 0 Å². The molecule has 3 nitrogen and oxygen atoms in total. The van der Waals surface area contributed by atoms with Gasteiger partial charge < -0.3 is 0 Å². The normalized spacial score (nSPS) is 11.2. The van der Waals surface area contributed by atoms with Crippen molar-refractivity contribution in [1.29, 1.82) is 0 Å². The van der Waals surface area contributed by atoms with Crippen molar-refractivity contribution in [3.05, 3.63) is 212 Å². The summed E-state index contributed by atoms with van der Waals surface area (Å²) in [6.45, 7) is 0. The maximum absolute atomic E-state index is 5.27. The first-order chi connectivity index (χ1) is 27.7. The molecular formula is C53H35N3. The van der Waals surface area contributed by atoms with E-state index in [1.807, 2.05) is 12.1 Å². The minimum absolute atomic E-state index is 0.661. The molecule has 0 bridgehead atoms. The van der Waals surface area contributed by atoms with Crippen LogP contribution in [0, 0.1) is 0 Å². The highest BCUT2D eigenvalue weighted by molar-refractivity contribution is 6.13. The van der Waals surface area contributed by atoms with Crippen molar-refractivity contribution >= 4 is 21.7 Å². The van der Waals surface area contributed by atoms with Crippen molar-refractivity contribution in [3.63, 3.8) is 0 Å². The second-order valence-corrected chi connectivity index (χ2v) is 14.0. The summed E-state index contributed by atoms with van der Waals surface area (Å²) < 4.78 is 0. The van der Waals surface area contributed by atoms with Gasteiger partial charge in [0.1, 0.15) is 0 Å². The lowest BCUT2D eigenvalue weighted by atomic mass is 9.94. The molecule has 56 heavy (non-hydrogen) atoms. The summed E-state index contributed by atoms with van der Waals surface area (Å²) in [5, 5.41) is 3.56. The average molecular weight is 714 g/mol. The van der Waals surface area contributed by atoms with Gasteiger partial charge in [-0.2, -0.15) is 0 Å². The van der Waals surface area contributed by atoms with Gasteiger partial charge in [-0.3, -0.25) is 0 Å². The van der Waals surface area contributed by atoms with Gasteiger partial charge in [-0.05, 0) is 68.4 Å². The molecule has 10 aromatic rings. The fourth-order valence-electron chi connectivity index (χ4n) is 7.62. The Morgan fingerprint density at radius 3 is 1.34 bits per heavy atom. The monoisotopic (exact) mass is 713 g/mol. The van der Waals surface area contributed by atoms with Gasteiger partial charge in [-0.25, -0.2) is 15.0 Å². The van der Waals surface area contributed by atoms with Crippen LogP contribution in [0.5, 0.6) is 0 Å². The van der Waals surface area contributed by atoms with E-state index in [4.69, 9.17) is 15.0 Å². The van der Waals surface area contributed by atoms with Crippen LogP contribution in [0.25, 0.3) is 100 Å². The van der Waals surface area contributed by atoms with E-state index in [0.717, 1.165) is 61.4 Å². The first-order valence-electron chi connectivity index (χ1n) is 18.9. The van der Waals surface area contributed by atoms with Gasteiger partial charge >= 0.3 is 0 Å². The predicted molar refractivity (Wildman–Crippen MR) is 233 cm³/mol. The van der Waals surface area contributed by atoms with Crippen LogP contribution in [0.2, 0.25) is 0 Å². The van der Waals surface area contributed by atoms with Gasteiger partial charge in [-0.15, -0.1) is 0 Å². The Hall–Kier alpha value is -7.49. The summed E-state index contributed by atoms with van der Waals surface area (Å²) in [6, 6.07) is 74.5. The van der Waals surface area contributed by atoms with E-state index in [9.17, 15) is 0 Å². The van der Waals surface area contributed by atoms with Crippen molar-refractivity contribution < 1.29 is 0 Å². The zero-order valence-corrected chi connectivity index (χ0v) is 30.5. The van der Waals surface area contributed by atoms with Crippen LogP contribution in [0.3, 0.4) is 0 Å². The van der Waals surface area contributed by atoms with E-state index in [1.165, 1.54) is 33.0 Å². The first kappa shape index (κ1) is 33.1. The molecule has 10 rings (SSSR count). The zero-order valence-electron chi connectivity index (χ0n) is 30.5. The van der Waals surface area contributed by atoms with E-state index in [2.05, 4.69) is 200 Å². The van der Waals surface area contributed by atoms with Crippen LogP contribution in [-0.4, -0.2) is 15.0 Å². The Morgan fingerprint density at radius 1 is 0.268 bits per heavy atom. The van der Waals surface area contributed by atoms with Gasteiger partial charge in [-0.1, -0.05) is 188 Å². The first-order valence-corrected chi connectivity index (χ1v) is 18.9. The minimum atomic E-state index is 0.661. The Labute approximate surface area is 326 Å². The van der Waals surface area contributed by atoms with Gasteiger partial charge in [0.15, 0.2) is 5.82 Å². The molecule has 0 unspecified atom stereocenters. The lowest BCUT2D eigenvalue weighted by Gasteiger charge is -2.14. The molecule has 262 valence electrons. The summed E-state index contributed by atoms with van der Waals surface area (Å²) in [5.41, 5.74) is 14.6. The highest BCUT2D eigenvalue weighted by Gasteiger charge is 2.16. The number of fused-ring (bicyclic) bond motifs is 3. The topological polar surface area (TPSA) is 38.7 Å². The smallest absolute Gasteiger partial charge is 0.160 e. The summed E-state index contributed by atoms with van der Waals surface area (Å²) in [6.07, 6.45) is 0. The molecule has 0 saturated carbocycles. The van der Waals surface area contributed by atoms with Gasteiger partial charge in [0.25, 0.3) is 0 Å². The minimum Gasteiger partial charge on any atom is -0.248 e. The maximum atomic E-state index is 5.27. The molecule has 0 aliphatic carbocycles. The Bertz CT molecular complexity index is 2870. The molecule has 0 saturated heterocycles. The molecule has 8 aromatic carbocycles. The highest BCUT2D eigenvalue weighted by Crippen LogP contribution is 2.38. The van der Waals surface area contributed by atoms with Gasteiger partial charge in [0.05, 0.1) is 22.6 Å². The average Bonchev–Trinajstić information content (AvgIpc) is 3.29. The number of nitrogens with zero attached hydrogens (tertiary/aromatic N) is 3. The highest BCUT2D eigenvalue weighted by atomic mass is 14.9. The molecule has 0 atom stereocenters. The molecule has 0 amide bonds. The molecule has 3 heteroatoms. The molecule has 0 fully saturated rings. The molecule has 0 spiro atoms. The number of benzene rings is 8. The Morgan fingerprint density at radius 2 is 0.732 bits per heavy atom. The van der Waals surface area contributed by atoms with Crippen LogP contribution in [0.15, 0.2) is 212 Å². The van der Waals surface area contributed by atoms with Crippen molar-refractivity contribution in [2.75, 3.05) is 0 Å². The number of aromatic nitrogens is 3. The van der Waals surface area contributed by atoms with E-state index < -0.39 is 0 Å². The third kappa shape index (κ3) is 6.42. The number of rotatable bonds is 7. The molecule has 2 heterocycles. The summed E-state index contributed by atoms with van der Waals surface area (Å²) >= 11 is 0. The maximum Gasteiger partial charge on any atom is 0.160 e. The van der Waals surface area contributed by atoms with E-state index in [0.29, 0.717) is 5.82 Å². The van der Waals surface area contributed by atoms with E-state index in [1.54, 1.807) is 0 Å². The lowest BCUT2D eigenvalue weighted by Crippen LogP contribution is -1.97. The van der Waals surface area contributed by atoms with Crippen LogP contribution < -0.4 is 0 Å². The molecule has 0 aliphatic heterocycles. The number of pyridine rings is 1. The Kier molecular flexibility index (Phi) is 8.51. The fourth-order valence-corrected chi connectivity index (χ4v) is 7.62. The van der Waals surface area contributed by atoms with E-state index >= 15 is 0 Å². The van der Waals surface area contributed by atoms with Crippen LogP contribution in [0.1, 0.15) is 0 Å². The Balaban J connectivity index is 1.10. The van der Waals surface area contributed by atoms with Crippen molar-refractivity contribution in [2.24, 2.45) is 0 Å². The molecule has 0 N–H and O–H groups in total. The lowest BCUT2D eigenvalue weighted by molar-refractivity contribution is 1.18. The summed E-state index contributed by atoms with van der Waals surface area (Å²) in [5.74, 6) is 0.661. The third-order valence-corrected chi connectivity index (χ3v) is 10.5. The standard InChI is InChI=1S/C53H35N3/c1-4-13-36(14-5-1)38-23-27-42(28-24-38)50-35-51(43-29-25-39(26-30-43)37-15-6-2-7-16-37)56-53(55-50)45-21-12-20-44(33-45)49-34-47(40-17-8-3-9-18-40)52-46-22-11-10-19-41(46)31-32-48(52)54-49/h1-35H. The summed E-state index contributed by atoms with van der Waals surface area (Å²) in [7, 11) is 0. The molecule has 0 aliphatic rings. The SMILES string of the molecule is c1ccc(-c2ccc(-c3cc(-c4ccc(-c5ccccc5)cc4)nc(-c4cccc(-c5cc(-c6ccccc6)c6c(ccc7ccccc76)n5)c4)n3)cc2)cc1. The largest absolute Gasteiger partial charge is 0.248 e.